The molecule has 1 saturated carbocycles. The second kappa shape index (κ2) is 6.43. The van der Waals surface area contributed by atoms with E-state index in [1.165, 1.54) is 30.6 Å². The summed E-state index contributed by atoms with van der Waals surface area (Å²) in [6, 6.07) is 0.213. The van der Waals surface area contributed by atoms with Crippen LogP contribution in [0.4, 0.5) is 10.9 Å². The van der Waals surface area contributed by atoms with Crippen molar-refractivity contribution < 1.29 is 4.79 Å². The van der Waals surface area contributed by atoms with Gasteiger partial charge in [0.15, 0.2) is 5.13 Å². The molecular formula is C14H24N4OS. The number of hydrogen-bond donors (Lipinski definition) is 3. The summed E-state index contributed by atoms with van der Waals surface area (Å²) in [5.74, 6) is 1.36. The highest BCUT2D eigenvalue weighted by Crippen LogP contribution is 2.30. The highest BCUT2D eigenvalue weighted by atomic mass is 32.1. The maximum atomic E-state index is 12.2. The van der Waals surface area contributed by atoms with Crippen molar-refractivity contribution in [3.05, 3.63) is 4.88 Å². The minimum absolute atomic E-state index is 0.100. The van der Waals surface area contributed by atoms with Gasteiger partial charge in [0.2, 0.25) is 0 Å². The molecule has 1 unspecified atom stereocenters. The van der Waals surface area contributed by atoms with E-state index in [9.17, 15) is 4.79 Å². The average Bonchev–Trinajstić information content (AvgIpc) is 2.65. The lowest BCUT2D eigenvalue weighted by molar-refractivity contribution is 0.0914. The fourth-order valence-electron chi connectivity index (χ4n) is 2.19. The van der Waals surface area contributed by atoms with Crippen LogP contribution < -0.4 is 16.4 Å². The first-order valence-electron chi connectivity index (χ1n) is 7.28. The predicted molar refractivity (Wildman–Crippen MR) is 84.1 cm³/mol. The fraction of sp³-hybridized carbons (Fsp3) is 0.714. The molecule has 0 saturated heterocycles. The molecule has 0 spiro atoms. The van der Waals surface area contributed by atoms with E-state index in [4.69, 9.17) is 5.73 Å². The van der Waals surface area contributed by atoms with E-state index in [1.807, 2.05) is 0 Å². The van der Waals surface area contributed by atoms with Crippen LogP contribution in [0.3, 0.4) is 0 Å². The Balaban J connectivity index is 1.94. The van der Waals surface area contributed by atoms with Gasteiger partial charge in [-0.25, -0.2) is 4.98 Å². The molecule has 0 radical (unpaired) electrons. The number of nitrogens with two attached hydrogens (primary N) is 1. The number of carbonyl (C=O) groups excluding carboxylic acids is 1. The molecule has 0 aromatic carbocycles. The largest absolute Gasteiger partial charge is 0.382 e. The van der Waals surface area contributed by atoms with Gasteiger partial charge in [0, 0.05) is 12.6 Å². The number of nitrogens with zero attached hydrogens (tertiary/aromatic N) is 1. The zero-order chi connectivity index (χ0) is 14.7. The van der Waals surface area contributed by atoms with Crippen molar-refractivity contribution in [2.75, 3.05) is 17.6 Å². The van der Waals surface area contributed by atoms with Crippen LogP contribution >= 0.6 is 11.3 Å². The van der Waals surface area contributed by atoms with Crippen LogP contribution in [0.25, 0.3) is 0 Å². The van der Waals surface area contributed by atoms with Crippen LogP contribution in [0.2, 0.25) is 0 Å². The Bertz CT molecular complexity index is 468. The Morgan fingerprint density at radius 2 is 2.15 bits per heavy atom. The van der Waals surface area contributed by atoms with Gasteiger partial charge in [-0.2, -0.15) is 0 Å². The Morgan fingerprint density at radius 3 is 2.70 bits per heavy atom. The molecule has 20 heavy (non-hydrogen) atoms. The number of rotatable bonds is 6. The first kappa shape index (κ1) is 15.1. The molecule has 1 aromatic heterocycles. The minimum Gasteiger partial charge on any atom is -0.382 e. The van der Waals surface area contributed by atoms with Crippen molar-refractivity contribution in [2.45, 2.75) is 46.1 Å². The maximum Gasteiger partial charge on any atom is 0.265 e. The predicted octanol–water partition coefficient (Wildman–Crippen LogP) is 2.71. The first-order valence-corrected chi connectivity index (χ1v) is 8.10. The topological polar surface area (TPSA) is 80.0 Å². The van der Waals surface area contributed by atoms with Gasteiger partial charge < -0.3 is 16.4 Å². The molecule has 1 heterocycles. The lowest BCUT2D eigenvalue weighted by atomic mass is 9.80. The third-order valence-electron chi connectivity index (χ3n) is 3.74. The molecular weight excluding hydrogens is 272 g/mol. The number of nitrogen functional groups attached to an aromatic ring is 1. The Hall–Kier alpha value is -1.30. The molecule has 2 rings (SSSR count). The number of carbonyl (C=O) groups is 1. The van der Waals surface area contributed by atoms with E-state index in [0.29, 0.717) is 22.5 Å². The molecule has 0 bridgehead atoms. The lowest BCUT2D eigenvalue weighted by Gasteiger charge is -2.31. The van der Waals surface area contributed by atoms with Gasteiger partial charge in [-0.1, -0.05) is 31.6 Å². The summed E-state index contributed by atoms with van der Waals surface area (Å²) in [6.07, 6.45) is 3.69. The quantitative estimate of drug-likeness (QED) is 0.754. The first-order chi connectivity index (χ1) is 9.47. The van der Waals surface area contributed by atoms with Crippen LogP contribution in [-0.2, 0) is 0 Å². The standard InChI is InChI=1S/C14H24N4OS/c1-8(2)7-16-14-18-12(15)11(20-14)13(19)17-9(3)10-5-4-6-10/h8-10H,4-7,15H2,1-3H3,(H,16,18)(H,17,19). The van der Waals surface area contributed by atoms with Crippen LogP contribution in [0, 0.1) is 11.8 Å². The molecule has 1 aliphatic carbocycles. The van der Waals surface area contributed by atoms with Crippen molar-refractivity contribution >= 4 is 28.2 Å². The third kappa shape index (κ3) is 3.62. The number of amides is 1. The van der Waals surface area contributed by atoms with Crippen LogP contribution in [0.5, 0.6) is 0 Å². The number of hydrogen-bond acceptors (Lipinski definition) is 5. The summed E-state index contributed by atoms with van der Waals surface area (Å²) in [7, 11) is 0. The Kier molecular flexibility index (Phi) is 4.86. The Labute approximate surface area is 124 Å². The Morgan fingerprint density at radius 1 is 1.45 bits per heavy atom. The molecule has 1 aliphatic rings. The molecule has 4 N–H and O–H groups in total. The molecule has 0 aliphatic heterocycles. The smallest absolute Gasteiger partial charge is 0.265 e. The summed E-state index contributed by atoms with van der Waals surface area (Å²) in [6.45, 7) is 7.14. The van der Waals surface area contributed by atoms with Gasteiger partial charge in [-0.3, -0.25) is 4.79 Å². The summed E-state index contributed by atoms with van der Waals surface area (Å²) in [5, 5.41) is 6.97. The molecule has 1 atom stereocenters. The van der Waals surface area contributed by atoms with Crippen LogP contribution in [0.15, 0.2) is 0 Å². The lowest BCUT2D eigenvalue weighted by Crippen LogP contribution is -2.40. The SMILES string of the molecule is CC(C)CNc1nc(N)c(C(=O)NC(C)C2CCC2)s1. The zero-order valence-electron chi connectivity index (χ0n) is 12.4. The highest BCUT2D eigenvalue weighted by Gasteiger charge is 2.26. The molecule has 6 heteroatoms. The monoisotopic (exact) mass is 296 g/mol. The average molecular weight is 296 g/mol. The van der Waals surface area contributed by atoms with Gasteiger partial charge in [-0.05, 0) is 31.6 Å². The van der Waals surface area contributed by atoms with E-state index in [-0.39, 0.29) is 11.9 Å². The molecule has 1 aromatic rings. The van der Waals surface area contributed by atoms with Gasteiger partial charge in [0.1, 0.15) is 10.7 Å². The van der Waals surface area contributed by atoms with Gasteiger partial charge >= 0.3 is 0 Å². The van der Waals surface area contributed by atoms with Crippen molar-refractivity contribution in [1.29, 1.82) is 0 Å². The summed E-state index contributed by atoms with van der Waals surface area (Å²) in [5.41, 5.74) is 5.85. The number of nitrogens with one attached hydrogen (secondary N) is 2. The normalized spacial score (nSPS) is 16.8. The number of aromatic nitrogens is 1. The summed E-state index contributed by atoms with van der Waals surface area (Å²) < 4.78 is 0. The summed E-state index contributed by atoms with van der Waals surface area (Å²) in [4.78, 5) is 17.0. The van der Waals surface area contributed by atoms with Crippen molar-refractivity contribution in [3.63, 3.8) is 0 Å². The van der Waals surface area contributed by atoms with Crippen LogP contribution in [0.1, 0.15) is 49.7 Å². The van der Waals surface area contributed by atoms with E-state index >= 15 is 0 Å². The van der Waals surface area contributed by atoms with E-state index in [0.717, 1.165) is 11.7 Å². The fourth-order valence-corrected chi connectivity index (χ4v) is 2.99. The van der Waals surface area contributed by atoms with Crippen molar-refractivity contribution in [1.82, 2.24) is 10.3 Å². The van der Waals surface area contributed by atoms with Gasteiger partial charge in [0.25, 0.3) is 5.91 Å². The van der Waals surface area contributed by atoms with E-state index in [2.05, 4.69) is 36.4 Å². The number of anilines is 2. The maximum absolute atomic E-state index is 12.2. The summed E-state index contributed by atoms with van der Waals surface area (Å²) >= 11 is 1.33. The van der Waals surface area contributed by atoms with Gasteiger partial charge in [0.05, 0.1) is 0 Å². The van der Waals surface area contributed by atoms with Gasteiger partial charge in [-0.15, -0.1) is 0 Å². The second-order valence-corrected chi connectivity index (χ2v) is 6.96. The van der Waals surface area contributed by atoms with E-state index in [1.54, 1.807) is 0 Å². The van der Waals surface area contributed by atoms with Crippen molar-refractivity contribution in [2.24, 2.45) is 11.8 Å². The molecule has 112 valence electrons. The number of thiazole rings is 1. The minimum atomic E-state index is -0.100. The van der Waals surface area contributed by atoms with E-state index < -0.39 is 0 Å². The highest BCUT2D eigenvalue weighted by molar-refractivity contribution is 7.18. The van der Waals surface area contributed by atoms with Crippen LogP contribution in [-0.4, -0.2) is 23.5 Å². The second-order valence-electron chi connectivity index (χ2n) is 5.96. The molecule has 5 nitrogen and oxygen atoms in total. The van der Waals surface area contributed by atoms with Crippen molar-refractivity contribution in [3.8, 4) is 0 Å². The molecule has 1 amide bonds. The zero-order valence-corrected chi connectivity index (χ0v) is 13.2. The third-order valence-corrected chi connectivity index (χ3v) is 4.76. The molecule has 1 fully saturated rings.